The Kier molecular flexibility index (Phi) is 5.97. The first-order chi connectivity index (χ1) is 14.5. The first-order valence-corrected chi connectivity index (χ1v) is 10.8. The lowest BCUT2D eigenvalue weighted by atomic mass is 9.93. The Morgan fingerprint density at radius 3 is 2.57 bits per heavy atom. The number of hydrogen-bond acceptors (Lipinski definition) is 7. The first kappa shape index (κ1) is 20.7. The summed E-state index contributed by atoms with van der Waals surface area (Å²) in [5.74, 6) is -0.350. The summed E-state index contributed by atoms with van der Waals surface area (Å²) < 4.78 is 10.4. The van der Waals surface area contributed by atoms with Gasteiger partial charge in [0.2, 0.25) is 5.91 Å². The van der Waals surface area contributed by atoms with E-state index in [0.717, 1.165) is 22.0 Å². The van der Waals surface area contributed by atoms with Gasteiger partial charge in [0.25, 0.3) is 0 Å². The summed E-state index contributed by atoms with van der Waals surface area (Å²) in [6.07, 6.45) is 0.252. The van der Waals surface area contributed by atoms with Crippen LogP contribution in [0.3, 0.4) is 0 Å². The van der Waals surface area contributed by atoms with E-state index in [1.54, 1.807) is 0 Å². The van der Waals surface area contributed by atoms with Crippen LogP contribution in [0.25, 0.3) is 0 Å². The second-order valence-corrected chi connectivity index (χ2v) is 8.30. The van der Waals surface area contributed by atoms with Crippen LogP contribution in [0.4, 0.5) is 0 Å². The molecule has 0 radical (unpaired) electrons. The van der Waals surface area contributed by atoms with Crippen LogP contribution in [-0.4, -0.2) is 60.3 Å². The molecule has 7 nitrogen and oxygen atoms in total. The molecule has 4 rings (SSSR count). The maximum atomic E-state index is 12.9. The number of amidine groups is 1. The number of morpholine rings is 1. The molecule has 8 heteroatoms. The van der Waals surface area contributed by atoms with Crippen LogP contribution in [0, 0.1) is 6.92 Å². The summed E-state index contributed by atoms with van der Waals surface area (Å²) in [6, 6.07) is 7.70. The average Bonchev–Trinajstić information content (AvgIpc) is 3.15. The van der Waals surface area contributed by atoms with Crippen molar-refractivity contribution < 1.29 is 19.1 Å². The van der Waals surface area contributed by atoms with Crippen molar-refractivity contribution in [2.24, 2.45) is 4.99 Å². The number of aliphatic imine (C=N–C) groups is 1. The molecule has 0 aromatic heterocycles. The maximum absolute atomic E-state index is 12.9. The zero-order valence-corrected chi connectivity index (χ0v) is 18.2. The van der Waals surface area contributed by atoms with Crippen molar-refractivity contribution in [2.45, 2.75) is 26.3 Å². The summed E-state index contributed by atoms with van der Waals surface area (Å²) in [4.78, 5) is 34.1. The number of aryl methyl sites for hydroxylation is 1. The largest absolute Gasteiger partial charge is 0.466 e. The minimum absolute atomic E-state index is 0.0555. The Labute approximate surface area is 180 Å². The number of hydrogen-bond donors (Lipinski definition) is 0. The highest BCUT2D eigenvalue weighted by Crippen LogP contribution is 2.44. The third-order valence-electron chi connectivity index (χ3n) is 5.50. The highest BCUT2D eigenvalue weighted by molar-refractivity contribution is 8.16. The molecule has 3 aliphatic rings. The van der Waals surface area contributed by atoms with Crippen molar-refractivity contribution in [3.63, 3.8) is 0 Å². The van der Waals surface area contributed by atoms with Crippen molar-refractivity contribution in [1.82, 2.24) is 9.80 Å². The molecule has 0 bridgehead atoms. The van der Waals surface area contributed by atoms with Gasteiger partial charge in [0.15, 0.2) is 5.17 Å². The Balaban J connectivity index is 1.68. The molecule has 3 aliphatic heterocycles. The van der Waals surface area contributed by atoms with E-state index < -0.39 is 5.97 Å². The Bertz CT molecular complexity index is 946. The molecule has 1 unspecified atom stereocenters. The predicted molar refractivity (Wildman–Crippen MR) is 116 cm³/mol. The number of amides is 1. The molecular formula is C22H25N3O4S. The van der Waals surface area contributed by atoms with E-state index in [0.29, 0.717) is 37.6 Å². The third-order valence-corrected chi connectivity index (χ3v) is 6.38. The minimum atomic E-state index is -0.406. The second kappa shape index (κ2) is 8.65. The fourth-order valence-corrected chi connectivity index (χ4v) is 4.85. The van der Waals surface area contributed by atoms with Gasteiger partial charge in [-0.1, -0.05) is 41.6 Å². The molecule has 1 aromatic carbocycles. The van der Waals surface area contributed by atoms with E-state index in [1.807, 2.05) is 53.3 Å². The predicted octanol–water partition coefficient (Wildman–Crippen LogP) is 2.99. The van der Waals surface area contributed by atoms with Gasteiger partial charge in [0.05, 0.1) is 44.1 Å². The zero-order valence-electron chi connectivity index (χ0n) is 17.4. The molecule has 1 aromatic rings. The summed E-state index contributed by atoms with van der Waals surface area (Å²) >= 11 is 1.48. The van der Waals surface area contributed by atoms with Crippen LogP contribution in [0.2, 0.25) is 0 Å². The van der Waals surface area contributed by atoms with Crippen LogP contribution < -0.4 is 0 Å². The number of ether oxygens (including phenoxy) is 2. The number of benzene rings is 1. The maximum Gasteiger partial charge on any atom is 0.338 e. The van der Waals surface area contributed by atoms with Crippen molar-refractivity contribution in [1.29, 1.82) is 0 Å². The summed E-state index contributed by atoms with van der Waals surface area (Å²) in [7, 11) is 1.38. The van der Waals surface area contributed by atoms with Gasteiger partial charge in [0, 0.05) is 18.8 Å². The van der Waals surface area contributed by atoms with Gasteiger partial charge in [-0.05, 0) is 24.8 Å². The van der Waals surface area contributed by atoms with E-state index in [4.69, 9.17) is 9.47 Å². The molecule has 0 saturated carbocycles. The van der Waals surface area contributed by atoms with E-state index in [-0.39, 0.29) is 18.4 Å². The van der Waals surface area contributed by atoms with Crippen LogP contribution in [-0.2, 0) is 19.1 Å². The molecule has 158 valence electrons. The van der Waals surface area contributed by atoms with E-state index in [9.17, 15) is 9.59 Å². The lowest BCUT2D eigenvalue weighted by Gasteiger charge is -2.36. The number of rotatable bonds is 4. The highest BCUT2D eigenvalue weighted by atomic mass is 32.2. The second-order valence-electron chi connectivity index (χ2n) is 7.47. The first-order valence-electron chi connectivity index (χ1n) is 9.94. The van der Waals surface area contributed by atoms with Crippen molar-refractivity contribution in [2.75, 3.05) is 33.4 Å². The number of carbonyl (C=O) groups is 2. The van der Waals surface area contributed by atoms with Crippen LogP contribution in [0.15, 0.2) is 51.6 Å². The highest BCUT2D eigenvalue weighted by Gasteiger charge is 2.41. The van der Waals surface area contributed by atoms with Gasteiger partial charge in [-0.25, -0.2) is 9.79 Å². The summed E-state index contributed by atoms with van der Waals surface area (Å²) in [6.45, 7) is 6.20. The molecule has 1 fully saturated rings. The molecule has 0 spiro atoms. The number of allylic oxidation sites excluding steroid dienone is 1. The molecule has 1 amide bonds. The molecular weight excluding hydrogens is 402 g/mol. The van der Waals surface area contributed by atoms with E-state index in [1.165, 1.54) is 18.9 Å². The van der Waals surface area contributed by atoms with Crippen molar-refractivity contribution in [3.8, 4) is 0 Å². The topological polar surface area (TPSA) is 71.4 Å². The van der Waals surface area contributed by atoms with Gasteiger partial charge in [-0.2, -0.15) is 0 Å². The SMILES string of the molecule is COC(=O)C1=C(C)N=C2SC=C(CC(=O)N3CCOCC3)N2C1c1ccc(C)cc1. The van der Waals surface area contributed by atoms with Gasteiger partial charge >= 0.3 is 5.97 Å². The monoisotopic (exact) mass is 427 g/mol. The normalized spacial score (nSPS) is 21.2. The molecule has 0 N–H and O–H groups in total. The quantitative estimate of drug-likeness (QED) is 0.688. The lowest BCUT2D eigenvalue weighted by Crippen LogP contribution is -2.42. The number of fused-ring (bicyclic) bond motifs is 1. The van der Waals surface area contributed by atoms with Crippen LogP contribution in [0.1, 0.15) is 30.5 Å². The molecule has 3 heterocycles. The van der Waals surface area contributed by atoms with Crippen molar-refractivity contribution >= 4 is 28.8 Å². The van der Waals surface area contributed by atoms with Gasteiger partial charge in [-0.15, -0.1) is 0 Å². The van der Waals surface area contributed by atoms with Gasteiger partial charge in [-0.3, -0.25) is 4.79 Å². The molecule has 30 heavy (non-hydrogen) atoms. The van der Waals surface area contributed by atoms with Gasteiger partial charge < -0.3 is 19.3 Å². The third kappa shape index (κ3) is 3.89. The Hall–Kier alpha value is -2.58. The van der Waals surface area contributed by atoms with E-state index in [2.05, 4.69) is 4.99 Å². The molecule has 1 atom stereocenters. The summed E-state index contributed by atoms with van der Waals surface area (Å²) in [5, 5.41) is 2.74. The lowest BCUT2D eigenvalue weighted by molar-refractivity contribution is -0.136. The number of methoxy groups -OCH3 is 1. The number of nitrogens with zero attached hydrogens (tertiary/aromatic N) is 3. The van der Waals surface area contributed by atoms with Crippen LogP contribution in [0.5, 0.6) is 0 Å². The smallest absolute Gasteiger partial charge is 0.338 e. The molecule has 1 saturated heterocycles. The fourth-order valence-electron chi connectivity index (χ4n) is 3.88. The van der Waals surface area contributed by atoms with E-state index >= 15 is 0 Å². The Morgan fingerprint density at radius 1 is 1.20 bits per heavy atom. The zero-order chi connectivity index (χ0) is 21.3. The molecule has 0 aliphatic carbocycles. The average molecular weight is 428 g/mol. The number of esters is 1. The standard InChI is InChI=1S/C22H25N3O4S/c1-14-4-6-16(7-5-14)20-19(21(27)28-3)15(2)23-22-25(20)17(13-30-22)12-18(26)24-8-10-29-11-9-24/h4-7,13,20H,8-12H2,1-3H3. The summed E-state index contributed by atoms with van der Waals surface area (Å²) in [5.41, 5.74) is 4.07. The Morgan fingerprint density at radius 2 is 1.90 bits per heavy atom. The van der Waals surface area contributed by atoms with Gasteiger partial charge in [0.1, 0.15) is 0 Å². The fraction of sp³-hybridized carbons (Fsp3) is 0.409. The van der Waals surface area contributed by atoms with Crippen LogP contribution >= 0.6 is 11.8 Å². The number of carbonyl (C=O) groups excluding carboxylic acids is 2. The number of thioether (sulfide) groups is 1. The minimum Gasteiger partial charge on any atom is -0.466 e. The van der Waals surface area contributed by atoms with Crippen molar-refractivity contribution in [3.05, 3.63) is 57.8 Å².